The van der Waals surface area contributed by atoms with E-state index in [1.165, 1.54) is 70.1 Å². The number of aryl methyl sites for hydroxylation is 4. The molecule has 0 aliphatic rings. The van der Waals surface area contributed by atoms with Crippen LogP contribution in [0.3, 0.4) is 0 Å². The molecule has 31 heteroatoms. The van der Waals surface area contributed by atoms with Crippen molar-refractivity contribution in [2.24, 2.45) is 28.2 Å². The maximum atomic E-state index is 13.7. The summed E-state index contributed by atoms with van der Waals surface area (Å²) in [7, 11) is -13.3. The number of nitrogens with one attached hydrogen (secondary N) is 6. The number of benzene rings is 6. The second-order valence-corrected chi connectivity index (χ2v) is 24.8. The van der Waals surface area contributed by atoms with Crippen molar-refractivity contribution in [3.63, 3.8) is 0 Å². The number of rotatable bonds is 14. The van der Waals surface area contributed by atoms with Crippen LogP contribution in [0.2, 0.25) is 0 Å². The molecular weight excluding hydrogens is 1180 g/mol. The number of hydrogen-bond donors (Lipinski definition) is 10. The number of carbonyl (C=O) groups is 5. The molecule has 0 fully saturated rings. The summed E-state index contributed by atoms with van der Waals surface area (Å²) in [6.45, 7) is 0. The molecule has 0 unspecified atom stereocenters. The van der Waals surface area contributed by atoms with Crippen molar-refractivity contribution in [1.29, 1.82) is 0 Å². The Morgan fingerprint density at radius 3 is 1.04 bits per heavy atom. The van der Waals surface area contributed by atoms with E-state index in [1.807, 2.05) is 0 Å². The molecule has 10 N–H and O–H groups in total. The molecule has 0 saturated carbocycles. The zero-order valence-electron chi connectivity index (χ0n) is 43.7. The highest BCUT2D eigenvalue weighted by atomic mass is 32.2. The van der Waals surface area contributed by atoms with Crippen LogP contribution in [-0.4, -0.2) is 99.8 Å². The lowest BCUT2D eigenvalue weighted by molar-refractivity contribution is 0.101. The van der Waals surface area contributed by atoms with Crippen LogP contribution in [0, 0.1) is 0 Å². The third-order valence-electron chi connectivity index (χ3n) is 13.5. The van der Waals surface area contributed by atoms with Crippen LogP contribution in [-0.2, 0) is 68.7 Å². The molecule has 6 amide bonds. The molecule has 0 spiro atoms. The largest absolute Gasteiger partial charge is 0.344 e. The van der Waals surface area contributed by atoms with E-state index in [9.17, 15) is 75.9 Å². The molecule has 0 radical (unpaired) electrons. The fourth-order valence-electron chi connectivity index (χ4n) is 9.56. The smallest absolute Gasteiger partial charge is 0.323 e. The van der Waals surface area contributed by atoms with Gasteiger partial charge in [-0.05, 0) is 120 Å². The maximum absolute atomic E-state index is 13.7. The van der Waals surface area contributed by atoms with Gasteiger partial charge in [0, 0.05) is 95.9 Å². The zero-order valence-corrected chi connectivity index (χ0v) is 47.0. The number of urea groups is 1. The van der Waals surface area contributed by atoms with Crippen molar-refractivity contribution in [1.82, 2.24) is 18.3 Å². The van der Waals surface area contributed by atoms with Crippen molar-refractivity contribution >= 4 is 148 Å². The Morgan fingerprint density at radius 1 is 0.345 bits per heavy atom. The minimum atomic E-state index is -4.99. The molecule has 27 nitrogen and oxygen atoms in total. The fourth-order valence-corrected chi connectivity index (χ4v) is 12.3. The van der Waals surface area contributed by atoms with E-state index >= 15 is 0 Å². The SMILES string of the molecule is Cn1cc(NC(=O)c2cc3cc(NC(=O)Nc4ccc5c(c4)cc(C(=O)Nc4cc(C(=O)Nc6ccc7cc(S(=O)(=O)O)cc(S(=O)(=O)O)c7c6)n(C)c4)n5C)ccc3n2C)cc1C(=O)Nc1ccc2cc(S(=O)(=O)O)cc(S(=O)(=O)O)c2c1. The number of anilines is 6. The predicted octanol–water partition coefficient (Wildman–Crippen LogP) is 7.29. The fraction of sp³-hybridized carbons (Fsp3) is 0.0755. The average molecular weight is 1220 g/mol. The monoisotopic (exact) mass is 1220 g/mol. The Labute approximate surface area is 475 Å². The molecule has 10 rings (SSSR count). The van der Waals surface area contributed by atoms with E-state index in [1.54, 1.807) is 85.9 Å². The molecule has 4 aromatic heterocycles. The number of aromatic nitrogens is 4. The lowest BCUT2D eigenvalue weighted by Crippen LogP contribution is -2.19. The van der Waals surface area contributed by atoms with Gasteiger partial charge in [0.15, 0.2) is 0 Å². The van der Waals surface area contributed by atoms with Gasteiger partial charge < -0.3 is 50.2 Å². The number of amides is 6. The topological polar surface area (TPSA) is 395 Å². The minimum absolute atomic E-state index is 0.0205. The van der Waals surface area contributed by atoms with Gasteiger partial charge in [-0.3, -0.25) is 37.4 Å². The highest BCUT2D eigenvalue weighted by molar-refractivity contribution is 7.87. The van der Waals surface area contributed by atoms with E-state index in [0.717, 1.165) is 12.1 Å². The molecule has 0 aliphatic carbocycles. The summed E-state index contributed by atoms with van der Waals surface area (Å²) >= 11 is 0. The molecule has 84 heavy (non-hydrogen) atoms. The second kappa shape index (κ2) is 20.9. The Kier molecular flexibility index (Phi) is 14.3. The second-order valence-electron chi connectivity index (χ2n) is 19.2. The average Bonchev–Trinajstić information content (AvgIpc) is 2.63. The third-order valence-corrected chi connectivity index (χ3v) is 17.0. The first kappa shape index (κ1) is 57.5. The highest BCUT2D eigenvalue weighted by Gasteiger charge is 2.25. The van der Waals surface area contributed by atoms with Crippen molar-refractivity contribution in [2.75, 3.05) is 31.9 Å². The number of hydrogen-bond acceptors (Lipinski definition) is 13. The van der Waals surface area contributed by atoms with Crippen molar-refractivity contribution in [2.45, 2.75) is 19.6 Å². The van der Waals surface area contributed by atoms with Crippen LogP contribution < -0.4 is 31.9 Å². The van der Waals surface area contributed by atoms with E-state index in [2.05, 4.69) is 31.9 Å². The summed E-state index contributed by atoms with van der Waals surface area (Å²) in [5, 5.41) is 17.2. The van der Waals surface area contributed by atoms with Gasteiger partial charge in [-0.2, -0.15) is 33.7 Å². The first-order valence-corrected chi connectivity index (χ1v) is 30.0. The van der Waals surface area contributed by atoms with Crippen LogP contribution in [0.4, 0.5) is 38.9 Å². The quantitative estimate of drug-likeness (QED) is 0.0477. The zero-order chi connectivity index (χ0) is 60.7. The summed E-state index contributed by atoms with van der Waals surface area (Å²) < 4.78 is 140. The van der Waals surface area contributed by atoms with Gasteiger partial charge in [-0.1, -0.05) is 12.1 Å². The molecule has 0 atom stereocenters. The van der Waals surface area contributed by atoms with Gasteiger partial charge in [0.25, 0.3) is 64.1 Å². The standard InChI is InChI=1S/C53H44N10O17S4/c1-60-25-35(21-43(60)49(64)54-33-7-5-27-15-37(81(69,70)71)23-47(39(27)19-33)83(75,76)77)56-51(66)45-17-29-13-31(9-11-41(29)62(45)3)58-53(68)59-32-10-12-42-30(14-32)18-46(63(42)4)52(67)57-36-22-44(61(2)26-36)50(65)55-34-8-6-28-16-38(82(72,73)74)24-48(40(28)20-34)84(78,79)80/h5-26H,1-4H3,(H,54,64)(H,55,65)(H,56,66)(H,57,67)(H2,58,59,68)(H,69,70,71)(H,72,73,74)(H,75,76,77)(H,78,79,80). The molecule has 0 aliphatic heterocycles. The summed E-state index contributed by atoms with van der Waals surface area (Å²) in [4.78, 5) is 64.4. The Morgan fingerprint density at radius 2 is 0.679 bits per heavy atom. The van der Waals surface area contributed by atoms with Gasteiger partial charge in [0.05, 0.1) is 21.2 Å². The molecule has 10 aromatic rings. The van der Waals surface area contributed by atoms with Gasteiger partial charge >= 0.3 is 6.03 Å². The molecule has 0 saturated heterocycles. The van der Waals surface area contributed by atoms with Crippen molar-refractivity contribution in [3.8, 4) is 0 Å². The van der Waals surface area contributed by atoms with E-state index < -0.39 is 89.7 Å². The van der Waals surface area contributed by atoms with E-state index in [-0.39, 0.29) is 67.1 Å². The Bertz CT molecular complexity index is 4710. The van der Waals surface area contributed by atoms with Crippen LogP contribution in [0.1, 0.15) is 42.0 Å². The summed E-state index contributed by atoms with van der Waals surface area (Å²) in [6, 6.07) is 26.2. The molecule has 4 heterocycles. The van der Waals surface area contributed by atoms with E-state index in [0.29, 0.717) is 45.3 Å². The molecular formula is C53H44N10O17S4. The van der Waals surface area contributed by atoms with Gasteiger partial charge in [0.2, 0.25) is 0 Å². The Hall–Kier alpha value is -9.73. The van der Waals surface area contributed by atoms with Gasteiger partial charge in [0.1, 0.15) is 32.6 Å². The normalized spacial score (nSPS) is 12.2. The van der Waals surface area contributed by atoms with Crippen LogP contribution in [0.15, 0.2) is 153 Å². The summed E-state index contributed by atoms with van der Waals surface area (Å²) in [5.41, 5.74) is 3.19. The molecule has 0 bridgehead atoms. The molecule has 6 aromatic carbocycles. The summed E-state index contributed by atoms with van der Waals surface area (Å²) in [5.74, 6) is -2.46. The molecule has 432 valence electrons. The number of nitrogens with zero attached hydrogens (tertiary/aromatic N) is 4. The first-order valence-electron chi connectivity index (χ1n) is 24.2. The number of carbonyl (C=O) groups excluding carboxylic acids is 5. The van der Waals surface area contributed by atoms with E-state index in [4.69, 9.17) is 0 Å². The van der Waals surface area contributed by atoms with Crippen LogP contribution in [0.25, 0.3) is 43.4 Å². The van der Waals surface area contributed by atoms with Crippen molar-refractivity contribution < 1.29 is 75.9 Å². The minimum Gasteiger partial charge on any atom is -0.344 e. The number of fused-ring (bicyclic) bond motifs is 4. The van der Waals surface area contributed by atoms with Crippen molar-refractivity contribution in [3.05, 3.63) is 156 Å². The maximum Gasteiger partial charge on any atom is 0.323 e. The first-order chi connectivity index (χ1) is 39.3. The Balaban J connectivity index is 0.766. The predicted molar refractivity (Wildman–Crippen MR) is 308 cm³/mol. The van der Waals surface area contributed by atoms with Crippen LogP contribution in [0.5, 0.6) is 0 Å². The highest BCUT2D eigenvalue weighted by Crippen LogP contribution is 2.33. The lowest BCUT2D eigenvalue weighted by atomic mass is 10.1. The summed E-state index contributed by atoms with van der Waals surface area (Å²) in [6.07, 6.45) is 2.96. The third kappa shape index (κ3) is 11.6. The van der Waals surface area contributed by atoms with Gasteiger partial charge in [-0.25, -0.2) is 4.79 Å². The van der Waals surface area contributed by atoms with Crippen LogP contribution >= 0.6 is 0 Å². The lowest BCUT2D eigenvalue weighted by Gasteiger charge is -2.10. The van der Waals surface area contributed by atoms with Gasteiger partial charge in [-0.15, -0.1) is 0 Å².